The predicted molar refractivity (Wildman–Crippen MR) is 87.6 cm³/mol. The summed E-state index contributed by atoms with van der Waals surface area (Å²) in [7, 11) is 0. The molecule has 2 fully saturated rings. The maximum absolute atomic E-state index is 12.4. The Kier molecular flexibility index (Phi) is 5.87. The fourth-order valence-corrected chi connectivity index (χ4v) is 3.25. The molecule has 7 heteroatoms. The standard InChI is InChI=1S/C17H25N3O4/c21-16(18-4-6-19-7-10-23-11-8-19)14-2-1-5-20(12-14)17(22)15-3-9-24-13-15/h3,9,13-14H,1-2,4-8,10-12H2,(H,18,21)/t14-/m1/s1. The van der Waals surface area contributed by atoms with Gasteiger partial charge >= 0.3 is 0 Å². The molecule has 1 N–H and O–H groups in total. The Hall–Kier alpha value is -1.86. The number of amides is 2. The summed E-state index contributed by atoms with van der Waals surface area (Å²) in [4.78, 5) is 28.8. The Morgan fingerprint density at radius 1 is 1.25 bits per heavy atom. The van der Waals surface area contributed by atoms with Gasteiger partial charge in [-0.05, 0) is 18.9 Å². The quantitative estimate of drug-likeness (QED) is 0.852. The van der Waals surface area contributed by atoms with Gasteiger partial charge < -0.3 is 19.4 Å². The highest BCUT2D eigenvalue weighted by Crippen LogP contribution is 2.19. The van der Waals surface area contributed by atoms with Crippen LogP contribution < -0.4 is 5.32 Å². The van der Waals surface area contributed by atoms with E-state index in [0.717, 1.165) is 45.7 Å². The van der Waals surface area contributed by atoms with E-state index in [4.69, 9.17) is 9.15 Å². The zero-order valence-corrected chi connectivity index (χ0v) is 13.9. The molecule has 1 aromatic rings. The number of ether oxygens (including phenoxy) is 1. The lowest BCUT2D eigenvalue weighted by molar-refractivity contribution is -0.126. The number of nitrogens with zero attached hydrogens (tertiary/aromatic N) is 2. The minimum absolute atomic E-state index is 0.0490. The van der Waals surface area contributed by atoms with Crippen LogP contribution in [-0.2, 0) is 9.53 Å². The summed E-state index contributed by atoms with van der Waals surface area (Å²) in [6.07, 6.45) is 4.63. The molecule has 0 saturated carbocycles. The fourth-order valence-electron chi connectivity index (χ4n) is 3.25. The number of furan rings is 1. The summed E-state index contributed by atoms with van der Waals surface area (Å²) in [6.45, 7) is 6.04. The van der Waals surface area contributed by atoms with Gasteiger partial charge in [0.15, 0.2) is 0 Å². The Balaban J connectivity index is 1.43. The highest BCUT2D eigenvalue weighted by molar-refractivity contribution is 5.94. The molecule has 2 amide bonds. The van der Waals surface area contributed by atoms with E-state index in [1.807, 2.05) is 0 Å². The average Bonchev–Trinajstić information content (AvgIpc) is 3.16. The number of piperidine rings is 1. The van der Waals surface area contributed by atoms with Crippen molar-refractivity contribution < 1.29 is 18.7 Å². The van der Waals surface area contributed by atoms with Gasteiger partial charge in [-0.15, -0.1) is 0 Å². The molecule has 132 valence electrons. The van der Waals surface area contributed by atoms with E-state index in [9.17, 15) is 9.59 Å². The second-order valence-corrected chi connectivity index (χ2v) is 6.35. The summed E-state index contributed by atoms with van der Waals surface area (Å²) < 4.78 is 10.3. The lowest BCUT2D eigenvalue weighted by Gasteiger charge is -2.32. The van der Waals surface area contributed by atoms with Crippen molar-refractivity contribution in [1.82, 2.24) is 15.1 Å². The molecule has 3 heterocycles. The molecule has 0 aliphatic carbocycles. The van der Waals surface area contributed by atoms with Gasteiger partial charge in [-0.1, -0.05) is 0 Å². The first-order valence-electron chi connectivity index (χ1n) is 8.63. The van der Waals surface area contributed by atoms with Crippen LogP contribution in [0, 0.1) is 5.92 Å². The van der Waals surface area contributed by atoms with Crippen molar-refractivity contribution in [1.29, 1.82) is 0 Å². The van der Waals surface area contributed by atoms with E-state index < -0.39 is 0 Å². The molecule has 0 spiro atoms. The highest BCUT2D eigenvalue weighted by Gasteiger charge is 2.29. The van der Waals surface area contributed by atoms with E-state index in [0.29, 0.717) is 25.2 Å². The minimum Gasteiger partial charge on any atom is -0.472 e. The zero-order valence-electron chi connectivity index (χ0n) is 13.9. The van der Waals surface area contributed by atoms with Crippen molar-refractivity contribution in [2.75, 3.05) is 52.5 Å². The summed E-state index contributed by atoms with van der Waals surface area (Å²) in [5.74, 6) is -0.137. The number of rotatable bonds is 5. The first kappa shape index (κ1) is 17.0. The van der Waals surface area contributed by atoms with E-state index >= 15 is 0 Å². The maximum Gasteiger partial charge on any atom is 0.257 e. The van der Waals surface area contributed by atoms with E-state index in [1.165, 1.54) is 12.5 Å². The summed E-state index contributed by atoms with van der Waals surface area (Å²) in [6, 6.07) is 1.66. The number of carbonyl (C=O) groups excluding carboxylic acids is 2. The van der Waals surface area contributed by atoms with E-state index in [1.54, 1.807) is 11.0 Å². The molecular weight excluding hydrogens is 310 g/mol. The molecule has 0 aromatic carbocycles. The smallest absolute Gasteiger partial charge is 0.257 e. The first-order valence-corrected chi connectivity index (χ1v) is 8.63. The van der Waals surface area contributed by atoms with Crippen molar-refractivity contribution in [3.05, 3.63) is 24.2 Å². The van der Waals surface area contributed by atoms with Crippen LogP contribution in [0.2, 0.25) is 0 Å². The van der Waals surface area contributed by atoms with Crippen molar-refractivity contribution >= 4 is 11.8 Å². The number of carbonyl (C=O) groups is 2. The molecule has 0 radical (unpaired) electrons. The molecule has 3 rings (SSSR count). The summed E-state index contributed by atoms with van der Waals surface area (Å²) >= 11 is 0. The minimum atomic E-state index is -0.126. The lowest BCUT2D eigenvalue weighted by Crippen LogP contribution is -2.47. The maximum atomic E-state index is 12.4. The number of likely N-dealkylation sites (tertiary alicyclic amines) is 1. The summed E-state index contributed by atoms with van der Waals surface area (Å²) in [5, 5.41) is 3.02. The van der Waals surface area contributed by atoms with Gasteiger partial charge in [0.25, 0.3) is 5.91 Å². The molecule has 24 heavy (non-hydrogen) atoms. The van der Waals surface area contributed by atoms with Gasteiger partial charge in [-0.3, -0.25) is 14.5 Å². The second kappa shape index (κ2) is 8.30. The Morgan fingerprint density at radius 3 is 2.83 bits per heavy atom. The van der Waals surface area contributed by atoms with Gasteiger partial charge in [-0.25, -0.2) is 0 Å². The topological polar surface area (TPSA) is 75.0 Å². The third kappa shape index (κ3) is 4.36. The predicted octanol–water partition coefficient (Wildman–Crippen LogP) is 0.580. The third-order valence-electron chi connectivity index (χ3n) is 4.68. The third-order valence-corrected chi connectivity index (χ3v) is 4.68. The SMILES string of the molecule is O=C(NCCN1CCOCC1)[C@@H]1CCCN(C(=O)c2ccoc2)C1. The highest BCUT2D eigenvalue weighted by atomic mass is 16.5. The van der Waals surface area contributed by atoms with Gasteiger partial charge in [-0.2, -0.15) is 0 Å². The lowest BCUT2D eigenvalue weighted by atomic mass is 9.96. The molecule has 1 aromatic heterocycles. The van der Waals surface area contributed by atoms with Crippen molar-refractivity contribution in [2.45, 2.75) is 12.8 Å². The van der Waals surface area contributed by atoms with Crippen LogP contribution in [0.25, 0.3) is 0 Å². The van der Waals surface area contributed by atoms with E-state index in [2.05, 4.69) is 10.2 Å². The first-order chi connectivity index (χ1) is 11.7. The van der Waals surface area contributed by atoms with Crippen molar-refractivity contribution in [2.24, 2.45) is 5.92 Å². The molecule has 0 bridgehead atoms. The van der Waals surface area contributed by atoms with Crippen LogP contribution in [0.15, 0.2) is 23.0 Å². The molecule has 2 aliphatic heterocycles. The van der Waals surface area contributed by atoms with E-state index in [-0.39, 0.29) is 17.7 Å². The summed E-state index contributed by atoms with van der Waals surface area (Å²) in [5.41, 5.74) is 0.545. The normalized spacial score (nSPS) is 22.3. The number of hydrogen-bond donors (Lipinski definition) is 1. The molecule has 7 nitrogen and oxygen atoms in total. The molecular formula is C17H25N3O4. The van der Waals surface area contributed by atoms with Gasteiger partial charge in [0, 0.05) is 39.3 Å². The zero-order chi connectivity index (χ0) is 16.8. The van der Waals surface area contributed by atoms with Crippen LogP contribution >= 0.6 is 0 Å². The van der Waals surface area contributed by atoms with Crippen LogP contribution in [0.4, 0.5) is 0 Å². The van der Waals surface area contributed by atoms with Crippen LogP contribution in [0.5, 0.6) is 0 Å². The molecule has 2 saturated heterocycles. The monoisotopic (exact) mass is 335 g/mol. The number of hydrogen-bond acceptors (Lipinski definition) is 5. The second-order valence-electron chi connectivity index (χ2n) is 6.35. The largest absolute Gasteiger partial charge is 0.472 e. The number of nitrogens with one attached hydrogen (secondary N) is 1. The average molecular weight is 335 g/mol. The van der Waals surface area contributed by atoms with Crippen LogP contribution in [0.3, 0.4) is 0 Å². The Bertz CT molecular complexity index is 540. The Labute approximate surface area is 141 Å². The Morgan fingerprint density at radius 2 is 2.08 bits per heavy atom. The van der Waals surface area contributed by atoms with Crippen molar-refractivity contribution in [3.63, 3.8) is 0 Å². The molecule has 1 atom stereocenters. The van der Waals surface area contributed by atoms with Gasteiger partial charge in [0.2, 0.25) is 5.91 Å². The number of morpholine rings is 1. The van der Waals surface area contributed by atoms with Gasteiger partial charge in [0.05, 0.1) is 31.0 Å². The molecule has 2 aliphatic rings. The fraction of sp³-hybridized carbons (Fsp3) is 0.647. The van der Waals surface area contributed by atoms with Crippen LogP contribution in [-0.4, -0.2) is 74.1 Å². The van der Waals surface area contributed by atoms with Crippen molar-refractivity contribution in [3.8, 4) is 0 Å². The van der Waals surface area contributed by atoms with Gasteiger partial charge in [0.1, 0.15) is 6.26 Å². The van der Waals surface area contributed by atoms with Crippen LogP contribution in [0.1, 0.15) is 23.2 Å². The molecule has 0 unspecified atom stereocenters.